The number of carbonyl (C=O) groups is 2. The van der Waals surface area contributed by atoms with Crippen LogP contribution in [0.25, 0.3) is 0 Å². The van der Waals surface area contributed by atoms with Gasteiger partial charge in [-0.05, 0) is 0 Å². The minimum Gasteiger partial charge on any atom is -0.477 e. The fourth-order valence-corrected chi connectivity index (χ4v) is 2.66. The molecule has 0 saturated carbocycles. The van der Waals surface area contributed by atoms with Gasteiger partial charge < -0.3 is 41.1 Å². The monoisotopic (exact) mass is 387 g/mol. The maximum atomic E-state index is 11.8. The Hall–Kier alpha value is -0.660. The van der Waals surface area contributed by atoms with Crippen molar-refractivity contribution >= 4 is 27.7 Å². The van der Waals surface area contributed by atoms with Gasteiger partial charge in [-0.1, -0.05) is 15.9 Å². The molecule has 1 saturated heterocycles. The van der Waals surface area contributed by atoms with Gasteiger partial charge in [0.25, 0.3) is 5.79 Å². The van der Waals surface area contributed by atoms with E-state index in [2.05, 4.69) is 15.9 Å². The summed E-state index contributed by atoms with van der Waals surface area (Å²) >= 11 is 2.79. The highest BCUT2D eigenvalue weighted by Crippen LogP contribution is 2.35. The third kappa shape index (κ3) is 3.31. The highest BCUT2D eigenvalue weighted by molar-refractivity contribution is 9.09. The molecule has 0 amide bonds. The van der Waals surface area contributed by atoms with Gasteiger partial charge in [-0.3, -0.25) is 4.79 Å². The molecule has 1 aliphatic heterocycles. The van der Waals surface area contributed by atoms with Crippen LogP contribution in [0.15, 0.2) is 0 Å². The average molecular weight is 388 g/mol. The van der Waals surface area contributed by atoms with E-state index in [1.54, 1.807) is 0 Å². The number of aliphatic carboxylic acids is 1. The number of aliphatic hydroxyl groups excluding tert-OH is 4. The number of rotatable bonds is 6. The normalized spacial score (nSPS) is 38.3. The van der Waals surface area contributed by atoms with Gasteiger partial charge in [0.05, 0.1) is 24.1 Å². The molecule has 10 nitrogen and oxygen atoms in total. The zero-order valence-electron chi connectivity index (χ0n) is 11.2. The van der Waals surface area contributed by atoms with Crippen molar-refractivity contribution in [1.82, 2.24) is 0 Å². The summed E-state index contributed by atoms with van der Waals surface area (Å²) in [7, 11) is 0. The highest BCUT2D eigenvalue weighted by Gasteiger charge is 2.61. The lowest BCUT2D eigenvalue weighted by molar-refractivity contribution is -0.311. The molecule has 1 fully saturated rings. The summed E-state index contributed by atoms with van der Waals surface area (Å²) in [6.07, 6.45) is -7.21. The number of ketones is 1. The Morgan fingerprint density at radius 2 is 1.91 bits per heavy atom. The van der Waals surface area contributed by atoms with E-state index >= 15 is 0 Å². The van der Waals surface area contributed by atoms with Gasteiger partial charge in [-0.2, -0.15) is 0 Å². The van der Waals surface area contributed by atoms with Gasteiger partial charge in [0, 0.05) is 0 Å². The summed E-state index contributed by atoms with van der Waals surface area (Å²) < 4.78 is 4.85. The molecule has 8 N–H and O–H groups in total. The molecule has 7 atom stereocenters. The molecule has 1 heterocycles. The molecule has 11 heteroatoms. The van der Waals surface area contributed by atoms with Crippen molar-refractivity contribution in [2.24, 2.45) is 11.7 Å². The van der Waals surface area contributed by atoms with E-state index in [4.69, 9.17) is 20.7 Å². The smallest absolute Gasteiger partial charge is 0.365 e. The summed E-state index contributed by atoms with van der Waals surface area (Å²) in [6, 6.07) is -1.48. The Morgan fingerprint density at radius 1 is 1.36 bits per heavy atom. The predicted octanol–water partition coefficient (Wildman–Crippen LogP) is -3.86. The zero-order chi connectivity index (χ0) is 17.2. The number of halogens is 1. The fourth-order valence-electron chi connectivity index (χ4n) is 2.31. The number of hydrogen-bond acceptors (Lipinski definition) is 9. The van der Waals surface area contributed by atoms with Gasteiger partial charge in [0.1, 0.15) is 24.2 Å². The lowest BCUT2D eigenvalue weighted by Gasteiger charge is -2.47. The molecular formula is C11H18BrNO9. The Balaban J connectivity index is 3.22. The largest absolute Gasteiger partial charge is 0.477 e. The van der Waals surface area contributed by atoms with Crippen LogP contribution in [-0.4, -0.2) is 90.6 Å². The van der Waals surface area contributed by atoms with Crippen molar-refractivity contribution in [1.29, 1.82) is 0 Å². The van der Waals surface area contributed by atoms with Gasteiger partial charge in [-0.25, -0.2) is 4.79 Å². The van der Waals surface area contributed by atoms with Crippen LogP contribution >= 0.6 is 15.9 Å². The average Bonchev–Trinajstić information content (AvgIpc) is 2.48. The number of carbonyl (C=O) groups excluding carboxylic acids is 1. The molecule has 0 bridgehead atoms. The number of carboxylic acids is 1. The van der Waals surface area contributed by atoms with Crippen molar-refractivity contribution in [3.63, 3.8) is 0 Å². The quantitative estimate of drug-likeness (QED) is 0.222. The molecular weight excluding hydrogens is 370 g/mol. The summed E-state index contributed by atoms with van der Waals surface area (Å²) in [5.41, 5.74) is 5.62. The number of nitrogens with two attached hydrogens (primary N) is 1. The molecule has 2 unspecified atom stereocenters. The molecule has 0 radical (unpaired) electrons. The van der Waals surface area contributed by atoms with Gasteiger partial charge in [0.15, 0.2) is 5.78 Å². The van der Waals surface area contributed by atoms with Crippen LogP contribution in [0.1, 0.15) is 0 Å². The number of carboxylic acid groups (broad SMARTS) is 1. The van der Waals surface area contributed by atoms with E-state index in [0.29, 0.717) is 0 Å². The topological polar surface area (TPSA) is 191 Å². The molecule has 1 rings (SSSR count). The van der Waals surface area contributed by atoms with E-state index in [1.807, 2.05) is 0 Å². The van der Waals surface area contributed by atoms with Crippen molar-refractivity contribution in [3.05, 3.63) is 0 Å². The van der Waals surface area contributed by atoms with E-state index in [9.17, 15) is 30.0 Å². The van der Waals surface area contributed by atoms with Crippen LogP contribution in [0.3, 0.4) is 0 Å². The SMILES string of the molecule is N[C@H]1[C@H]([C@H](O)[C@H](O)CO)OC(O)(C(=O)O)C(C(=O)CBr)[C@@H]1O. The standard InChI is InChI=1S/C11H18BrNO9/c12-1-3(15)5-8(18)6(13)9(7(17)4(16)2-14)22-11(5,21)10(19)20/h4-9,14,16-18,21H,1-2,13H2,(H,19,20)/t4-,5?,6-,7-,8+,9-,11?/m1/s1. The maximum Gasteiger partial charge on any atom is 0.365 e. The second-order valence-corrected chi connectivity index (χ2v) is 5.53. The van der Waals surface area contributed by atoms with E-state index in [0.717, 1.165) is 0 Å². The summed E-state index contributed by atoms with van der Waals surface area (Å²) in [4.78, 5) is 23.1. The first-order chi connectivity index (χ1) is 10.1. The van der Waals surface area contributed by atoms with Crippen molar-refractivity contribution in [2.75, 3.05) is 11.9 Å². The van der Waals surface area contributed by atoms with Gasteiger partial charge >= 0.3 is 5.97 Å². The minimum absolute atomic E-state index is 0.368. The van der Waals surface area contributed by atoms with Gasteiger partial charge in [0.2, 0.25) is 0 Å². The predicted molar refractivity (Wildman–Crippen MR) is 72.8 cm³/mol. The molecule has 22 heavy (non-hydrogen) atoms. The maximum absolute atomic E-state index is 11.8. The summed E-state index contributed by atoms with van der Waals surface area (Å²) in [5, 5.41) is 57.0. The first-order valence-corrected chi connectivity index (χ1v) is 7.36. The zero-order valence-corrected chi connectivity index (χ0v) is 12.8. The van der Waals surface area contributed by atoms with Crippen molar-refractivity contribution in [3.8, 4) is 0 Å². The Kier molecular flexibility index (Phi) is 6.41. The van der Waals surface area contributed by atoms with E-state index < -0.39 is 60.5 Å². The van der Waals surface area contributed by atoms with E-state index in [1.165, 1.54) is 0 Å². The Labute approximate surface area is 133 Å². The third-order valence-corrected chi connectivity index (χ3v) is 4.11. The highest BCUT2D eigenvalue weighted by atomic mass is 79.9. The second-order valence-electron chi connectivity index (χ2n) is 4.97. The molecule has 0 aromatic heterocycles. The third-order valence-electron chi connectivity index (χ3n) is 3.56. The first-order valence-electron chi connectivity index (χ1n) is 6.24. The van der Waals surface area contributed by atoms with Crippen LogP contribution in [0.2, 0.25) is 0 Å². The Morgan fingerprint density at radius 3 is 2.32 bits per heavy atom. The second kappa shape index (κ2) is 7.27. The first kappa shape index (κ1) is 19.4. The lowest BCUT2D eigenvalue weighted by Crippen LogP contribution is -2.71. The van der Waals surface area contributed by atoms with Crippen molar-refractivity contribution in [2.45, 2.75) is 36.2 Å². The van der Waals surface area contributed by atoms with Crippen LogP contribution in [0.4, 0.5) is 0 Å². The molecule has 1 aliphatic rings. The number of hydrogen-bond donors (Lipinski definition) is 7. The molecule has 0 aromatic carbocycles. The number of Topliss-reactive ketones (excluding diaryl/α,β-unsaturated/α-hetero) is 1. The minimum atomic E-state index is -3.14. The molecule has 128 valence electrons. The van der Waals surface area contributed by atoms with Gasteiger partial charge in [-0.15, -0.1) is 0 Å². The molecule has 0 spiro atoms. The Bertz CT molecular complexity index is 436. The van der Waals surface area contributed by atoms with Crippen LogP contribution in [0, 0.1) is 5.92 Å². The van der Waals surface area contributed by atoms with E-state index in [-0.39, 0.29) is 5.33 Å². The summed E-state index contributed by atoms with van der Waals surface area (Å²) in [5.74, 6) is -7.87. The van der Waals surface area contributed by atoms with Crippen LogP contribution in [0.5, 0.6) is 0 Å². The van der Waals surface area contributed by atoms with Crippen LogP contribution < -0.4 is 5.73 Å². The van der Waals surface area contributed by atoms with Crippen molar-refractivity contribution < 1.29 is 45.0 Å². The molecule has 0 aliphatic carbocycles. The number of ether oxygens (including phenoxy) is 1. The number of aliphatic hydroxyl groups is 5. The fraction of sp³-hybridized carbons (Fsp3) is 0.818. The summed E-state index contributed by atoms with van der Waals surface area (Å²) in [6.45, 7) is -0.890. The van der Waals surface area contributed by atoms with Crippen LogP contribution in [-0.2, 0) is 14.3 Å². The lowest BCUT2D eigenvalue weighted by atomic mass is 9.79. The molecule has 0 aromatic rings. The number of alkyl halides is 1.